The van der Waals surface area contributed by atoms with Crippen LogP contribution in [-0.4, -0.2) is 0 Å². The summed E-state index contributed by atoms with van der Waals surface area (Å²) in [6, 6.07) is 6.66. The first-order chi connectivity index (χ1) is 10.3. The Balaban J connectivity index is 1.44. The van der Waals surface area contributed by atoms with Crippen LogP contribution in [0.5, 0.6) is 0 Å². The van der Waals surface area contributed by atoms with Crippen LogP contribution in [0.4, 0.5) is 0 Å². The van der Waals surface area contributed by atoms with E-state index in [2.05, 4.69) is 18.2 Å². The minimum absolute atomic E-state index is 0.535. The smallest absolute Gasteiger partial charge is 0.0409 e. The van der Waals surface area contributed by atoms with Gasteiger partial charge in [-0.05, 0) is 72.6 Å². The Labute approximate surface area is 134 Å². The van der Waals surface area contributed by atoms with E-state index in [1.54, 1.807) is 11.1 Å². The molecule has 3 aliphatic rings. The van der Waals surface area contributed by atoms with Crippen molar-refractivity contribution in [3.8, 4) is 0 Å². The van der Waals surface area contributed by atoms with Crippen LogP contribution >= 0.6 is 11.6 Å². The lowest BCUT2D eigenvalue weighted by molar-refractivity contribution is 0.320. The Hall–Kier alpha value is -0.490. The predicted octanol–water partition coefficient (Wildman–Crippen LogP) is 6.29. The molecule has 1 spiro atoms. The molecule has 3 aliphatic carbocycles. The van der Waals surface area contributed by atoms with Crippen molar-refractivity contribution in [2.24, 2.45) is 11.8 Å². The van der Waals surface area contributed by atoms with Gasteiger partial charge < -0.3 is 0 Å². The van der Waals surface area contributed by atoms with Gasteiger partial charge in [0.2, 0.25) is 0 Å². The van der Waals surface area contributed by atoms with Crippen molar-refractivity contribution >= 4 is 11.6 Å². The molecule has 2 unspecified atom stereocenters. The molecule has 2 saturated carbocycles. The van der Waals surface area contributed by atoms with Gasteiger partial charge in [0.1, 0.15) is 0 Å². The van der Waals surface area contributed by atoms with Gasteiger partial charge in [-0.1, -0.05) is 56.2 Å². The molecule has 2 atom stereocenters. The fourth-order valence-electron chi connectivity index (χ4n) is 5.27. The zero-order chi connectivity index (χ0) is 14.3. The molecular formula is C20H27Cl. The third-order valence-corrected chi connectivity index (χ3v) is 6.79. The van der Waals surface area contributed by atoms with E-state index in [-0.39, 0.29) is 0 Å². The molecule has 0 amide bonds. The molecule has 0 saturated heterocycles. The zero-order valence-electron chi connectivity index (χ0n) is 13.0. The van der Waals surface area contributed by atoms with Crippen molar-refractivity contribution in [3.05, 3.63) is 34.3 Å². The Morgan fingerprint density at radius 3 is 2.76 bits per heavy atom. The van der Waals surface area contributed by atoms with Crippen LogP contribution in [0.2, 0.25) is 5.02 Å². The van der Waals surface area contributed by atoms with Crippen molar-refractivity contribution in [1.82, 2.24) is 0 Å². The summed E-state index contributed by atoms with van der Waals surface area (Å²) in [6.07, 6.45) is 15.9. The van der Waals surface area contributed by atoms with Gasteiger partial charge in [-0.2, -0.15) is 0 Å². The van der Waals surface area contributed by atoms with Crippen LogP contribution < -0.4 is 0 Å². The number of halogens is 1. The summed E-state index contributed by atoms with van der Waals surface area (Å²) in [5.74, 6) is 2.00. The topological polar surface area (TPSA) is 0 Å². The second-order valence-electron chi connectivity index (χ2n) is 7.79. The van der Waals surface area contributed by atoms with Crippen LogP contribution in [0, 0.1) is 11.8 Å². The molecule has 0 radical (unpaired) electrons. The van der Waals surface area contributed by atoms with Crippen molar-refractivity contribution in [3.63, 3.8) is 0 Å². The zero-order valence-corrected chi connectivity index (χ0v) is 13.8. The summed E-state index contributed by atoms with van der Waals surface area (Å²) < 4.78 is 0. The van der Waals surface area contributed by atoms with Crippen LogP contribution in [-0.2, 0) is 11.8 Å². The summed E-state index contributed by atoms with van der Waals surface area (Å²) in [5.41, 5.74) is 3.74. The summed E-state index contributed by atoms with van der Waals surface area (Å²) in [4.78, 5) is 0. The lowest BCUT2D eigenvalue weighted by Crippen LogP contribution is -2.19. The number of hydrogen-bond acceptors (Lipinski definition) is 0. The highest BCUT2D eigenvalue weighted by molar-refractivity contribution is 6.30. The maximum Gasteiger partial charge on any atom is 0.0409 e. The van der Waals surface area contributed by atoms with E-state index in [4.69, 9.17) is 11.6 Å². The highest BCUT2D eigenvalue weighted by Crippen LogP contribution is 2.62. The van der Waals surface area contributed by atoms with Crippen molar-refractivity contribution < 1.29 is 0 Å². The number of benzene rings is 1. The third-order valence-electron chi connectivity index (χ3n) is 6.56. The maximum absolute atomic E-state index is 6.28. The highest BCUT2D eigenvalue weighted by Gasteiger charge is 2.55. The van der Waals surface area contributed by atoms with E-state index in [1.165, 1.54) is 70.6 Å². The number of hydrogen-bond donors (Lipinski definition) is 0. The molecule has 114 valence electrons. The minimum atomic E-state index is 0.535. The van der Waals surface area contributed by atoms with Gasteiger partial charge in [0.05, 0.1) is 0 Å². The average molecular weight is 303 g/mol. The SMILES string of the molecule is Clc1ccc2c(c1)C1(CCC2)CC1CCC1CCCCC1. The van der Waals surface area contributed by atoms with Crippen LogP contribution in [0.1, 0.15) is 75.3 Å². The van der Waals surface area contributed by atoms with Crippen molar-refractivity contribution in [2.45, 2.75) is 76.0 Å². The van der Waals surface area contributed by atoms with Crippen LogP contribution in [0.15, 0.2) is 18.2 Å². The highest BCUT2D eigenvalue weighted by atomic mass is 35.5. The van der Waals surface area contributed by atoms with Gasteiger partial charge in [0, 0.05) is 5.02 Å². The van der Waals surface area contributed by atoms with Gasteiger partial charge in [-0.25, -0.2) is 0 Å². The first kappa shape index (κ1) is 14.1. The Kier molecular flexibility index (Phi) is 3.78. The van der Waals surface area contributed by atoms with Gasteiger partial charge in [0.15, 0.2) is 0 Å². The fourth-order valence-corrected chi connectivity index (χ4v) is 5.44. The average Bonchev–Trinajstić information content (AvgIpc) is 3.21. The van der Waals surface area contributed by atoms with E-state index >= 15 is 0 Å². The Morgan fingerprint density at radius 1 is 1.05 bits per heavy atom. The summed E-state index contributed by atoms with van der Waals surface area (Å²) in [7, 11) is 0. The second-order valence-corrected chi connectivity index (χ2v) is 8.23. The lowest BCUT2D eigenvalue weighted by Gasteiger charge is -2.28. The molecule has 0 nitrogen and oxygen atoms in total. The van der Waals surface area contributed by atoms with Crippen molar-refractivity contribution in [2.75, 3.05) is 0 Å². The van der Waals surface area contributed by atoms with E-state index < -0.39 is 0 Å². The molecule has 2 fully saturated rings. The lowest BCUT2D eigenvalue weighted by atomic mass is 9.77. The molecule has 0 aromatic heterocycles. The standard InChI is InChI=1S/C20H27Cl/c21-18-11-9-16-7-4-12-20(19(16)13-18)14-17(20)10-8-15-5-2-1-3-6-15/h9,11,13,15,17H,1-8,10,12,14H2. The molecule has 1 aromatic carbocycles. The van der Waals surface area contributed by atoms with Crippen LogP contribution in [0.3, 0.4) is 0 Å². The van der Waals surface area contributed by atoms with Gasteiger partial charge in [-0.15, -0.1) is 0 Å². The van der Waals surface area contributed by atoms with Crippen LogP contribution in [0.25, 0.3) is 0 Å². The molecule has 0 heterocycles. The fraction of sp³-hybridized carbons (Fsp3) is 0.700. The Bertz CT molecular complexity index is 515. The van der Waals surface area contributed by atoms with E-state index in [9.17, 15) is 0 Å². The molecule has 0 aliphatic heterocycles. The molecule has 1 aromatic rings. The van der Waals surface area contributed by atoms with E-state index in [0.29, 0.717) is 5.41 Å². The second kappa shape index (κ2) is 5.61. The molecule has 21 heavy (non-hydrogen) atoms. The maximum atomic E-state index is 6.28. The normalized spacial score (nSPS) is 32.1. The minimum Gasteiger partial charge on any atom is -0.0843 e. The van der Waals surface area contributed by atoms with Crippen molar-refractivity contribution in [1.29, 1.82) is 0 Å². The van der Waals surface area contributed by atoms with E-state index in [1.807, 2.05) is 0 Å². The monoisotopic (exact) mass is 302 g/mol. The predicted molar refractivity (Wildman–Crippen MR) is 90.0 cm³/mol. The third kappa shape index (κ3) is 2.65. The number of rotatable bonds is 3. The molecular weight excluding hydrogens is 276 g/mol. The molecule has 1 heteroatoms. The Morgan fingerprint density at radius 2 is 1.90 bits per heavy atom. The quantitative estimate of drug-likeness (QED) is 0.615. The van der Waals surface area contributed by atoms with Gasteiger partial charge in [0.25, 0.3) is 0 Å². The number of aryl methyl sites for hydroxylation is 1. The first-order valence-corrected chi connectivity index (χ1v) is 9.45. The first-order valence-electron chi connectivity index (χ1n) is 9.07. The summed E-state index contributed by atoms with van der Waals surface area (Å²) in [6.45, 7) is 0. The summed E-state index contributed by atoms with van der Waals surface area (Å²) in [5, 5.41) is 0.938. The van der Waals surface area contributed by atoms with Gasteiger partial charge in [-0.3, -0.25) is 0 Å². The molecule has 0 bridgehead atoms. The summed E-state index contributed by atoms with van der Waals surface area (Å²) >= 11 is 6.28. The molecule has 4 rings (SSSR count). The molecule has 0 N–H and O–H groups in total. The largest absolute Gasteiger partial charge is 0.0843 e. The number of fused-ring (bicyclic) bond motifs is 2. The van der Waals surface area contributed by atoms with E-state index in [0.717, 1.165) is 16.9 Å². The van der Waals surface area contributed by atoms with Gasteiger partial charge >= 0.3 is 0 Å².